The maximum absolute atomic E-state index is 12.2. The Kier molecular flexibility index (Phi) is 4.78. The van der Waals surface area contributed by atoms with Crippen molar-refractivity contribution in [3.8, 4) is 5.69 Å². The lowest BCUT2D eigenvalue weighted by Gasteiger charge is -2.15. The average Bonchev–Trinajstić information content (AvgIpc) is 3.17. The van der Waals surface area contributed by atoms with Crippen molar-refractivity contribution in [1.82, 2.24) is 29.6 Å². The summed E-state index contributed by atoms with van der Waals surface area (Å²) in [7, 11) is 1.36. The van der Waals surface area contributed by atoms with Gasteiger partial charge in [-0.05, 0) is 24.6 Å². The molecule has 1 unspecified atom stereocenters. The van der Waals surface area contributed by atoms with Gasteiger partial charge in [-0.1, -0.05) is 12.1 Å². The number of hydrogen-bond acceptors (Lipinski definition) is 5. The van der Waals surface area contributed by atoms with Gasteiger partial charge >= 0.3 is 5.69 Å². The predicted octanol–water partition coefficient (Wildman–Crippen LogP) is 0.0742. The van der Waals surface area contributed by atoms with Gasteiger partial charge in [-0.3, -0.25) is 14.2 Å². The molecule has 0 aliphatic heterocycles. The summed E-state index contributed by atoms with van der Waals surface area (Å²) in [5.74, 6) is -0.304. The van der Waals surface area contributed by atoms with E-state index in [-0.39, 0.29) is 23.9 Å². The Morgan fingerprint density at radius 2 is 2.00 bits per heavy atom. The van der Waals surface area contributed by atoms with Crippen LogP contribution in [0.3, 0.4) is 0 Å². The van der Waals surface area contributed by atoms with Crippen LogP contribution in [0.4, 0.5) is 0 Å². The van der Waals surface area contributed by atoms with Crippen molar-refractivity contribution in [2.24, 2.45) is 7.05 Å². The second-order valence-corrected chi connectivity index (χ2v) is 5.88. The third-order valence-corrected chi connectivity index (χ3v) is 4.06. The number of nitrogens with one attached hydrogen (secondary N) is 2. The molecule has 0 aliphatic carbocycles. The zero-order valence-corrected chi connectivity index (χ0v) is 14.3. The summed E-state index contributed by atoms with van der Waals surface area (Å²) >= 11 is 0. The summed E-state index contributed by atoms with van der Waals surface area (Å²) in [5, 5.41) is 6.90. The van der Waals surface area contributed by atoms with Gasteiger partial charge in [0.15, 0.2) is 0 Å². The molecule has 1 aromatic carbocycles. The standard InChI is InChI=1S/C17H18N6O3/c1-11(12-3-5-14(6-4-12)23-10-18-9-20-23)21-15(24)7-13-8-19-17(26)22(2)16(13)25/h3-6,8-11H,7H2,1-2H3,(H,19,26)(H,21,24). The molecule has 9 nitrogen and oxygen atoms in total. The van der Waals surface area contributed by atoms with E-state index in [0.717, 1.165) is 15.8 Å². The van der Waals surface area contributed by atoms with E-state index in [0.29, 0.717) is 0 Å². The Hall–Kier alpha value is -3.49. The highest BCUT2D eigenvalue weighted by Gasteiger charge is 2.13. The third-order valence-electron chi connectivity index (χ3n) is 4.06. The van der Waals surface area contributed by atoms with Gasteiger partial charge in [0, 0.05) is 18.8 Å². The molecule has 0 saturated heterocycles. The van der Waals surface area contributed by atoms with Crippen LogP contribution in [-0.2, 0) is 18.3 Å². The molecule has 2 aromatic heterocycles. The Bertz CT molecular complexity index is 1020. The van der Waals surface area contributed by atoms with Crippen molar-refractivity contribution in [2.75, 3.05) is 0 Å². The van der Waals surface area contributed by atoms with Crippen LogP contribution in [0.1, 0.15) is 24.1 Å². The van der Waals surface area contributed by atoms with Gasteiger partial charge in [-0.2, -0.15) is 5.10 Å². The lowest BCUT2D eigenvalue weighted by Crippen LogP contribution is -2.37. The molecular weight excluding hydrogens is 336 g/mol. The Morgan fingerprint density at radius 3 is 2.65 bits per heavy atom. The molecular formula is C17H18N6O3. The normalized spacial score (nSPS) is 11.9. The van der Waals surface area contributed by atoms with E-state index in [1.165, 1.54) is 19.6 Å². The first-order valence-electron chi connectivity index (χ1n) is 7.97. The van der Waals surface area contributed by atoms with Crippen molar-refractivity contribution in [3.05, 3.63) is 75.1 Å². The number of rotatable bonds is 5. The van der Waals surface area contributed by atoms with Crippen LogP contribution in [0.2, 0.25) is 0 Å². The first-order valence-corrected chi connectivity index (χ1v) is 7.97. The molecule has 2 heterocycles. The van der Waals surface area contributed by atoms with Crippen LogP contribution in [-0.4, -0.2) is 30.2 Å². The summed E-state index contributed by atoms with van der Waals surface area (Å²) in [6.07, 6.45) is 4.23. The third kappa shape index (κ3) is 3.61. The predicted molar refractivity (Wildman–Crippen MR) is 93.9 cm³/mol. The van der Waals surface area contributed by atoms with Crippen molar-refractivity contribution in [3.63, 3.8) is 0 Å². The smallest absolute Gasteiger partial charge is 0.328 e. The van der Waals surface area contributed by atoms with Gasteiger partial charge < -0.3 is 10.3 Å². The fourth-order valence-electron chi connectivity index (χ4n) is 2.55. The molecule has 134 valence electrons. The summed E-state index contributed by atoms with van der Waals surface area (Å²) < 4.78 is 2.58. The fraction of sp³-hybridized carbons (Fsp3) is 0.235. The molecule has 0 bridgehead atoms. The molecule has 26 heavy (non-hydrogen) atoms. The molecule has 0 spiro atoms. The van der Waals surface area contributed by atoms with Crippen molar-refractivity contribution in [1.29, 1.82) is 0 Å². The first kappa shape index (κ1) is 17.3. The largest absolute Gasteiger partial charge is 0.349 e. The van der Waals surface area contributed by atoms with Gasteiger partial charge in [0.05, 0.1) is 18.2 Å². The zero-order valence-electron chi connectivity index (χ0n) is 14.3. The molecule has 9 heteroatoms. The van der Waals surface area contributed by atoms with Crippen LogP contribution in [0.15, 0.2) is 52.7 Å². The highest BCUT2D eigenvalue weighted by atomic mass is 16.2. The maximum Gasteiger partial charge on any atom is 0.328 e. The van der Waals surface area contributed by atoms with Crippen LogP contribution in [0, 0.1) is 0 Å². The molecule has 2 N–H and O–H groups in total. The second kappa shape index (κ2) is 7.18. The number of hydrogen-bond donors (Lipinski definition) is 2. The fourth-order valence-corrected chi connectivity index (χ4v) is 2.55. The monoisotopic (exact) mass is 354 g/mol. The van der Waals surface area contributed by atoms with Gasteiger partial charge in [-0.25, -0.2) is 14.5 Å². The molecule has 1 amide bonds. The van der Waals surface area contributed by atoms with Crippen LogP contribution < -0.4 is 16.6 Å². The summed E-state index contributed by atoms with van der Waals surface area (Å²) in [5.41, 5.74) is 1.02. The topological polar surface area (TPSA) is 115 Å². The molecule has 0 aliphatic rings. The van der Waals surface area contributed by atoms with E-state index in [1.54, 1.807) is 11.0 Å². The van der Waals surface area contributed by atoms with Crippen LogP contribution in [0.5, 0.6) is 0 Å². The highest BCUT2D eigenvalue weighted by molar-refractivity contribution is 5.78. The Labute approximate surface area is 148 Å². The van der Waals surface area contributed by atoms with Crippen molar-refractivity contribution in [2.45, 2.75) is 19.4 Å². The average molecular weight is 354 g/mol. The molecule has 3 aromatic rings. The summed E-state index contributed by atoms with van der Waals surface area (Å²) in [4.78, 5) is 41.9. The molecule has 0 radical (unpaired) electrons. The van der Waals surface area contributed by atoms with Crippen molar-refractivity contribution >= 4 is 5.91 Å². The minimum absolute atomic E-state index is 0.106. The number of carbonyl (C=O) groups excluding carboxylic acids is 1. The van der Waals surface area contributed by atoms with Gasteiger partial charge in [0.1, 0.15) is 12.7 Å². The Morgan fingerprint density at radius 1 is 1.27 bits per heavy atom. The number of amides is 1. The number of aromatic amines is 1. The van der Waals surface area contributed by atoms with E-state index >= 15 is 0 Å². The summed E-state index contributed by atoms with van der Waals surface area (Å²) in [6, 6.07) is 7.30. The molecule has 0 saturated carbocycles. The summed E-state index contributed by atoms with van der Waals surface area (Å²) in [6.45, 7) is 1.85. The van der Waals surface area contributed by atoms with Gasteiger partial charge in [0.2, 0.25) is 5.91 Å². The minimum Gasteiger partial charge on any atom is -0.349 e. The second-order valence-electron chi connectivity index (χ2n) is 5.88. The number of aromatic nitrogens is 5. The van der Waals surface area contributed by atoms with E-state index in [9.17, 15) is 14.4 Å². The minimum atomic E-state index is -0.514. The molecule has 3 rings (SSSR count). The van der Waals surface area contributed by atoms with E-state index in [4.69, 9.17) is 0 Å². The highest BCUT2D eigenvalue weighted by Crippen LogP contribution is 2.15. The van der Waals surface area contributed by atoms with E-state index < -0.39 is 11.2 Å². The quantitative estimate of drug-likeness (QED) is 0.673. The van der Waals surface area contributed by atoms with Crippen LogP contribution >= 0.6 is 0 Å². The molecule has 1 atom stereocenters. The van der Waals surface area contributed by atoms with E-state index in [2.05, 4.69) is 20.4 Å². The number of carbonyl (C=O) groups is 1. The lowest BCUT2D eigenvalue weighted by atomic mass is 10.1. The Balaban J connectivity index is 1.67. The maximum atomic E-state index is 12.2. The first-order chi connectivity index (χ1) is 12.5. The number of nitrogens with zero attached hydrogens (tertiary/aromatic N) is 4. The zero-order chi connectivity index (χ0) is 18.7. The van der Waals surface area contributed by atoms with E-state index in [1.807, 2.05) is 31.2 Å². The van der Waals surface area contributed by atoms with Crippen LogP contribution in [0.25, 0.3) is 5.69 Å². The SMILES string of the molecule is CC(NC(=O)Cc1c[nH]c(=O)n(C)c1=O)c1ccc(-n2cncn2)cc1. The molecule has 0 fully saturated rings. The van der Waals surface area contributed by atoms with Gasteiger partial charge in [0.25, 0.3) is 5.56 Å². The lowest BCUT2D eigenvalue weighted by molar-refractivity contribution is -0.121. The van der Waals surface area contributed by atoms with Gasteiger partial charge in [-0.15, -0.1) is 0 Å². The number of H-pyrrole nitrogens is 1. The number of benzene rings is 1. The van der Waals surface area contributed by atoms with Crippen molar-refractivity contribution < 1.29 is 4.79 Å².